The van der Waals surface area contributed by atoms with E-state index in [1.807, 2.05) is 12.1 Å². The number of carbonyl (C=O) groups is 1. The first-order chi connectivity index (χ1) is 6.72. The first-order valence-electron chi connectivity index (χ1n) is 4.33. The summed E-state index contributed by atoms with van der Waals surface area (Å²) in [5, 5.41) is 0. The van der Waals surface area contributed by atoms with E-state index in [1.54, 1.807) is 18.2 Å². The van der Waals surface area contributed by atoms with Gasteiger partial charge in [0.2, 0.25) is 0 Å². The minimum Gasteiger partial charge on any atom is -0.461 e. The summed E-state index contributed by atoms with van der Waals surface area (Å²) < 4.78 is 4.84. The molecule has 1 rings (SSSR count). The van der Waals surface area contributed by atoms with Crippen molar-refractivity contribution in [2.75, 3.05) is 12.3 Å². The fraction of sp³-hybridized carbons (Fsp3) is 0.182. The van der Waals surface area contributed by atoms with E-state index in [9.17, 15) is 4.79 Å². The number of anilines is 1. The molecule has 3 nitrogen and oxygen atoms in total. The fourth-order valence-electron chi connectivity index (χ4n) is 1.01. The molecule has 0 spiro atoms. The summed E-state index contributed by atoms with van der Waals surface area (Å²) in [6, 6.07) is 7.14. The van der Waals surface area contributed by atoms with Gasteiger partial charge in [-0.2, -0.15) is 0 Å². The van der Waals surface area contributed by atoms with E-state index in [0.29, 0.717) is 5.69 Å². The third-order valence-corrected chi connectivity index (χ3v) is 1.69. The topological polar surface area (TPSA) is 52.3 Å². The zero-order chi connectivity index (χ0) is 10.4. The van der Waals surface area contributed by atoms with Gasteiger partial charge in [0, 0.05) is 5.69 Å². The number of nitrogens with two attached hydrogens (primary N) is 1. The van der Waals surface area contributed by atoms with Gasteiger partial charge in [-0.3, -0.25) is 4.79 Å². The van der Waals surface area contributed by atoms with Crippen molar-refractivity contribution in [1.29, 1.82) is 0 Å². The number of carbonyl (C=O) groups excluding carboxylic acids is 1. The summed E-state index contributed by atoms with van der Waals surface area (Å²) in [6.45, 7) is 3.72. The normalized spacial score (nSPS) is 9.43. The molecule has 3 heteroatoms. The third-order valence-electron chi connectivity index (χ3n) is 1.69. The highest BCUT2D eigenvalue weighted by molar-refractivity contribution is 5.72. The molecule has 74 valence electrons. The molecule has 0 aliphatic heterocycles. The van der Waals surface area contributed by atoms with E-state index in [1.165, 1.54) is 0 Å². The van der Waals surface area contributed by atoms with Gasteiger partial charge < -0.3 is 10.5 Å². The average Bonchev–Trinajstić information content (AvgIpc) is 2.18. The van der Waals surface area contributed by atoms with E-state index < -0.39 is 0 Å². The standard InChI is InChI=1S/C11H13NO2/c1-2-7-14-11(13)8-9-3-5-10(12)6-4-9/h2-6H,1,7-8,12H2. The predicted octanol–water partition coefficient (Wildman–Crippen LogP) is 1.54. The molecular formula is C11H13NO2. The quantitative estimate of drug-likeness (QED) is 0.446. The molecule has 0 radical (unpaired) electrons. The first-order valence-corrected chi connectivity index (χ1v) is 4.33. The molecule has 0 heterocycles. The number of nitrogen functional groups attached to an aromatic ring is 1. The molecule has 0 atom stereocenters. The summed E-state index contributed by atoms with van der Waals surface area (Å²) in [7, 11) is 0. The summed E-state index contributed by atoms with van der Waals surface area (Å²) in [4.78, 5) is 11.2. The van der Waals surface area contributed by atoms with Gasteiger partial charge in [-0.15, -0.1) is 0 Å². The van der Waals surface area contributed by atoms with Gasteiger partial charge in [0.15, 0.2) is 0 Å². The second-order valence-corrected chi connectivity index (χ2v) is 2.89. The van der Waals surface area contributed by atoms with Gasteiger partial charge >= 0.3 is 5.97 Å². The maximum absolute atomic E-state index is 11.2. The van der Waals surface area contributed by atoms with E-state index >= 15 is 0 Å². The Bertz CT molecular complexity index is 317. The van der Waals surface area contributed by atoms with Gasteiger partial charge in [0.1, 0.15) is 6.61 Å². The van der Waals surface area contributed by atoms with Crippen molar-refractivity contribution in [1.82, 2.24) is 0 Å². The van der Waals surface area contributed by atoms with Crippen molar-refractivity contribution in [3.8, 4) is 0 Å². The fourth-order valence-corrected chi connectivity index (χ4v) is 1.01. The maximum Gasteiger partial charge on any atom is 0.310 e. The highest BCUT2D eigenvalue weighted by Crippen LogP contribution is 2.06. The number of benzene rings is 1. The lowest BCUT2D eigenvalue weighted by Gasteiger charge is -2.02. The second kappa shape index (κ2) is 5.07. The Hall–Kier alpha value is -1.77. The minimum atomic E-state index is -0.255. The molecule has 0 aliphatic rings. The van der Waals surface area contributed by atoms with Crippen LogP contribution in [0, 0.1) is 0 Å². The van der Waals surface area contributed by atoms with Crippen molar-refractivity contribution in [3.63, 3.8) is 0 Å². The zero-order valence-electron chi connectivity index (χ0n) is 7.90. The molecular weight excluding hydrogens is 178 g/mol. The first kappa shape index (κ1) is 10.3. The molecule has 0 unspecified atom stereocenters. The molecule has 0 fully saturated rings. The largest absolute Gasteiger partial charge is 0.461 e. The van der Waals surface area contributed by atoms with Crippen LogP contribution in [0.4, 0.5) is 5.69 Å². The van der Waals surface area contributed by atoms with Crippen LogP contribution in [0.15, 0.2) is 36.9 Å². The van der Waals surface area contributed by atoms with E-state index in [4.69, 9.17) is 10.5 Å². The summed E-state index contributed by atoms with van der Waals surface area (Å²) in [5.74, 6) is -0.255. The van der Waals surface area contributed by atoms with Crippen LogP contribution >= 0.6 is 0 Å². The third kappa shape index (κ3) is 3.31. The van der Waals surface area contributed by atoms with Gasteiger partial charge in [0.05, 0.1) is 6.42 Å². The minimum absolute atomic E-state index is 0.255. The lowest BCUT2D eigenvalue weighted by Crippen LogP contribution is -2.07. The number of hydrogen-bond donors (Lipinski definition) is 1. The molecule has 0 amide bonds. The Morgan fingerprint density at radius 3 is 2.64 bits per heavy atom. The van der Waals surface area contributed by atoms with E-state index in [2.05, 4.69) is 6.58 Å². The van der Waals surface area contributed by atoms with E-state index in [0.717, 1.165) is 5.56 Å². The van der Waals surface area contributed by atoms with Crippen LogP contribution < -0.4 is 5.73 Å². The lowest BCUT2D eigenvalue weighted by atomic mass is 10.1. The van der Waals surface area contributed by atoms with Crippen LogP contribution in [0.5, 0.6) is 0 Å². The van der Waals surface area contributed by atoms with Crippen LogP contribution in [-0.2, 0) is 16.0 Å². The Balaban J connectivity index is 2.47. The summed E-state index contributed by atoms with van der Waals surface area (Å²) in [6.07, 6.45) is 1.81. The smallest absolute Gasteiger partial charge is 0.310 e. The van der Waals surface area contributed by atoms with Crippen LogP contribution in [0.2, 0.25) is 0 Å². The van der Waals surface area contributed by atoms with Crippen LogP contribution in [-0.4, -0.2) is 12.6 Å². The maximum atomic E-state index is 11.2. The SMILES string of the molecule is C=CCOC(=O)Cc1ccc(N)cc1. The second-order valence-electron chi connectivity index (χ2n) is 2.89. The number of hydrogen-bond acceptors (Lipinski definition) is 3. The summed E-state index contributed by atoms with van der Waals surface area (Å²) >= 11 is 0. The van der Waals surface area contributed by atoms with Crippen molar-refractivity contribution in [3.05, 3.63) is 42.5 Å². The number of rotatable bonds is 4. The molecule has 14 heavy (non-hydrogen) atoms. The Morgan fingerprint density at radius 2 is 2.07 bits per heavy atom. The molecule has 0 saturated heterocycles. The van der Waals surface area contributed by atoms with Crippen LogP contribution in [0.3, 0.4) is 0 Å². The average molecular weight is 191 g/mol. The molecule has 1 aromatic rings. The van der Waals surface area contributed by atoms with Crippen molar-refractivity contribution >= 4 is 11.7 Å². The van der Waals surface area contributed by atoms with Gasteiger partial charge in [0.25, 0.3) is 0 Å². The Morgan fingerprint density at radius 1 is 1.43 bits per heavy atom. The summed E-state index contributed by atoms with van der Waals surface area (Å²) in [5.41, 5.74) is 7.09. The van der Waals surface area contributed by atoms with Crippen molar-refractivity contribution in [2.24, 2.45) is 0 Å². The van der Waals surface area contributed by atoms with Crippen LogP contribution in [0.1, 0.15) is 5.56 Å². The lowest BCUT2D eigenvalue weighted by molar-refractivity contribution is -0.141. The van der Waals surface area contributed by atoms with Gasteiger partial charge in [-0.05, 0) is 17.7 Å². The molecule has 2 N–H and O–H groups in total. The van der Waals surface area contributed by atoms with E-state index in [-0.39, 0.29) is 19.0 Å². The van der Waals surface area contributed by atoms with Crippen LogP contribution in [0.25, 0.3) is 0 Å². The van der Waals surface area contributed by atoms with Crippen molar-refractivity contribution in [2.45, 2.75) is 6.42 Å². The zero-order valence-corrected chi connectivity index (χ0v) is 7.90. The van der Waals surface area contributed by atoms with Gasteiger partial charge in [-0.25, -0.2) is 0 Å². The predicted molar refractivity (Wildman–Crippen MR) is 55.7 cm³/mol. The molecule has 0 aromatic heterocycles. The highest BCUT2D eigenvalue weighted by atomic mass is 16.5. The van der Waals surface area contributed by atoms with Crippen molar-refractivity contribution < 1.29 is 9.53 Å². The molecule has 0 aliphatic carbocycles. The molecule has 1 aromatic carbocycles. The Labute approximate surface area is 83.2 Å². The number of esters is 1. The molecule has 0 saturated carbocycles. The highest BCUT2D eigenvalue weighted by Gasteiger charge is 2.02. The Kier molecular flexibility index (Phi) is 3.73. The molecule has 0 bridgehead atoms. The van der Waals surface area contributed by atoms with Gasteiger partial charge in [-0.1, -0.05) is 24.8 Å². The monoisotopic (exact) mass is 191 g/mol. The number of ether oxygens (including phenoxy) is 1.